The van der Waals surface area contributed by atoms with Crippen molar-refractivity contribution in [3.8, 4) is 0 Å². The van der Waals surface area contributed by atoms with Gasteiger partial charge in [-0.3, -0.25) is 0 Å². The first-order valence-electron chi connectivity index (χ1n) is 11.7. The number of nitrogens with one attached hydrogen (secondary N) is 2. The summed E-state index contributed by atoms with van der Waals surface area (Å²) in [6, 6.07) is 3.29. The van der Waals surface area contributed by atoms with E-state index < -0.39 is 23.7 Å². The van der Waals surface area contributed by atoms with Crippen molar-refractivity contribution in [1.29, 1.82) is 0 Å². The second-order valence-electron chi connectivity index (χ2n) is 10.1. The molecule has 1 amide bonds. The number of pyridine rings is 1. The van der Waals surface area contributed by atoms with E-state index in [1.807, 2.05) is 0 Å². The number of ether oxygens (including phenoxy) is 2. The predicted molar refractivity (Wildman–Crippen MR) is 122 cm³/mol. The topological polar surface area (TPSA) is 110 Å². The summed E-state index contributed by atoms with van der Waals surface area (Å²) in [7, 11) is 0. The molecule has 0 bridgehead atoms. The van der Waals surface area contributed by atoms with Crippen LogP contribution in [0, 0.1) is 11.8 Å². The fourth-order valence-corrected chi connectivity index (χ4v) is 4.17. The van der Waals surface area contributed by atoms with E-state index in [0.717, 1.165) is 50.2 Å². The zero-order valence-electron chi connectivity index (χ0n) is 19.6. The second-order valence-corrected chi connectivity index (χ2v) is 10.1. The van der Waals surface area contributed by atoms with E-state index in [9.17, 15) is 14.7 Å². The molecule has 2 heterocycles. The van der Waals surface area contributed by atoms with E-state index in [1.165, 1.54) is 12.0 Å². The molecule has 1 fully saturated rings. The van der Waals surface area contributed by atoms with Gasteiger partial charge in [-0.2, -0.15) is 0 Å². The van der Waals surface area contributed by atoms with E-state index in [-0.39, 0.29) is 18.6 Å². The van der Waals surface area contributed by atoms with Gasteiger partial charge in [0.2, 0.25) is 0 Å². The number of rotatable bonds is 9. The number of hydrogen-bond acceptors (Lipinski definition) is 6. The van der Waals surface area contributed by atoms with Gasteiger partial charge in [0.1, 0.15) is 17.5 Å². The van der Waals surface area contributed by atoms with Gasteiger partial charge in [-0.05, 0) is 76.8 Å². The fourth-order valence-electron chi connectivity index (χ4n) is 4.17. The van der Waals surface area contributed by atoms with Crippen molar-refractivity contribution in [2.75, 3.05) is 18.5 Å². The Morgan fingerprint density at radius 3 is 2.75 bits per heavy atom. The maximum atomic E-state index is 11.9. The van der Waals surface area contributed by atoms with Crippen LogP contribution < -0.4 is 10.6 Å². The molecule has 32 heavy (non-hydrogen) atoms. The summed E-state index contributed by atoms with van der Waals surface area (Å²) in [5.74, 6) is 0.193. The zero-order valence-corrected chi connectivity index (χ0v) is 19.6. The Balaban J connectivity index is 1.36. The number of carboxylic acids is 1. The van der Waals surface area contributed by atoms with Crippen molar-refractivity contribution in [2.45, 2.75) is 84.0 Å². The monoisotopic (exact) mass is 447 g/mol. The highest BCUT2D eigenvalue weighted by Gasteiger charge is 2.33. The number of aryl methyl sites for hydroxylation is 2. The number of hydrogen-bond donors (Lipinski definition) is 3. The van der Waals surface area contributed by atoms with E-state index >= 15 is 0 Å². The molecule has 0 saturated heterocycles. The number of aliphatic carboxylic acids is 1. The van der Waals surface area contributed by atoms with Crippen molar-refractivity contribution in [2.24, 2.45) is 11.8 Å². The Bertz CT molecular complexity index is 801. The molecule has 8 heteroatoms. The number of carbonyl (C=O) groups excluding carboxylic acids is 1. The van der Waals surface area contributed by atoms with E-state index in [0.29, 0.717) is 5.92 Å². The first kappa shape index (κ1) is 24.3. The summed E-state index contributed by atoms with van der Waals surface area (Å²) in [6.07, 6.45) is 5.69. The van der Waals surface area contributed by atoms with Gasteiger partial charge in [0.15, 0.2) is 0 Å². The molecule has 1 aromatic heterocycles. The van der Waals surface area contributed by atoms with Gasteiger partial charge in [0, 0.05) is 18.2 Å². The first-order valence-corrected chi connectivity index (χ1v) is 11.7. The average molecular weight is 448 g/mol. The summed E-state index contributed by atoms with van der Waals surface area (Å²) in [4.78, 5) is 28.3. The molecule has 0 aromatic carbocycles. The molecule has 3 rings (SSSR count). The number of amides is 1. The van der Waals surface area contributed by atoms with Gasteiger partial charge in [0.05, 0.1) is 12.7 Å². The zero-order chi connectivity index (χ0) is 23.3. The third kappa shape index (κ3) is 7.08. The van der Waals surface area contributed by atoms with Gasteiger partial charge in [0.25, 0.3) is 0 Å². The molecule has 2 unspecified atom stereocenters. The lowest BCUT2D eigenvalue weighted by Gasteiger charge is -2.36. The van der Waals surface area contributed by atoms with Crippen LogP contribution in [0.25, 0.3) is 0 Å². The number of carbonyl (C=O) groups is 2. The maximum absolute atomic E-state index is 11.9. The molecule has 0 radical (unpaired) electrons. The summed E-state index contributed by atoms with van der Waals surface area (Å²) in [5.41, 5.74) is 1.76. The number of anilines is 1. The van der Waals surface area contributed by atoms with Crippen LogP contribution in [0.1, 0.15) is 64.6 Å². The molecule has 2 aliphatic rings. The van der Waals surface area contributed by atoms with Crippen molar-refractivity contribution in [3.05, 3.63) is 23.4 Å². The highest BCUT2D eigenvalue weighted by molar-refractivity contribution is 5.80. The Morgan fingerprint density at radius 1 is 1.31 bits per heavy atom. The van der Waals surface area contributed by atoms with Crippen LogP contribution in [0.15, 0.2) is 12.1 Å². The summed E-state index contributed by atoms with van der Waals surface area (Å²) < 4.78 is 11.1. The number of fused-ring (bicyclic) bond motifs is 1. The highest BCUT2D eigenvalue weighted by atomic mass is 16.6. The Kier molecular flexibility index (Phi) is 7.98. The number of carboxylic acid groups (broad SMARTS) is 1. The van der Waals surface area contributed by atoms with Crippen molar-refractivity contribution in [1.82, 2.24) is 10.3 Å². The lowest BCUT2D eigenvalue weighted by Crippen LogP contribution is -2.48. The van der Waals surface area contributed by atoms with Gasteiger partial charge in [-0.25, -0.2) is 14.6 Å². The van der Waals surface area contributed by atoms with Crippen molar-refractivity contribution >= 4 is 17.9 Å². The third-order valence-electron chi connectivity index (χ3n) is 6.06. The predicted octanol–water partition coefficient (Wildman–Crippen LogP) is 3.78. The lowest BCUT2D eigenvalue weighted by atomic mass is 9.79. The van der Waals surface area contributed by atoms with Crippen LogP contribution in [0.3, 0.4) is 0 Å². The first-order chi connectivity index (χ1) is 15.1. The molecule has 8 nitrogen and oxygen atoms in total. The Morgan fingerprint density at radius 2 is 2.06 bits per heavy atom. The Hall–Kier alpha value is -2.35. The van der Waals surface area contributed by atoms with Gasteiger partial charge in [-0.15, -0.1) is 0 Å². The van der Waals surface area contributed by atoms with Crippen LogP contribution in [0.2, 0.25) is 0 Å². The van der Waals surface area contributed by atoms with Crippen molar-refractivity contribution < 1.29 is 24.2 Å². The van der Waals surface area contributed by atoms with Crippen molar-refractivity contribution in [3.63, 3.8) is 0 Å². The minimum Gasteiger partial charge on any atom is -0.480 e. The molecule has 178 valence electrons. The maximum Gasteiger partial charge on any atom is 0.408 e. The molecule has 1 aromatic rings. The van der Waals surface area contributed by atoms with Crippen LogP contribution in [-0.2, 0) is 27.1 Å². The molecular formula is C24H37N3O5. The minimum absolute atomic E-state index is 0.150. The quantitative estimate of drug-likeness (QED) is 0.528. The molecule has 3 N–H and O–H groups in total. The van der Waals surface area contributed by atoms with Crippen LogP contribution in [0.4, 0.5) is 10.6 Å². The third-order valence-corrected chi connectivity index (χ3v) is 6.06. The summed E-state index contributed by atoms with van der Waals surface area (Å²) in [5, 5.41) is 15.3. The fraction of sp³-hybridized carbons (Fsp3) is 0.708. The van der Waals surface area contributed by atoms with Crippen LogP contribution >= 0.6 is 0 Å². The van der Waals surface area contributed by atoms with Gasteiger partial charge < -0.3 is 25.2 Å². The van der Waals surface area contributed by atoms with Crippen LogP contribution in [0.5, 0.6) is 0 Å². The molecule has 1 aliphatic carbocycles. The van der Waals surface area contributed by atoms with Gasteiger partial charge in [-0.1, -0.05) is 13.0 Å². The smallest absolute Gasteiger partial charge is 0.408 e. The molecule has 1 saturated carbocycles. The normalized spacial score (nSPS) is 22.0. The molecular weight excluding hydrogens is 410 g/mol. The lowest BCUT2D eigenvalue weighted by molar-refractivity contribution is -0.142. The SMILES string of the molecule is CC(CO[C@H]1C[C@H](CCc2ccc3c(n2)NCCC3)C1)C(NC(=O)OC(C)(C)C)C(=O)O. The second kappa shape index (κ2) is 10.5. The minimum atomic E-state index is -1.09. The highest BCUT2D eigenvalue weighted by Crippen LogP contribution is 2.34. The molecule has 0 spiro atoms. The largest absolute Gasteiger partial charge is 0.480 e. The Labute approximate surface area is 190 Å². The molecule has 2 atom stereocenters. The summed E-state index contributed by atoms with van der Waals surface area (Å²) >= 11 is 0. The standard InChI is InChI=1S/C24H37N3O5/c1-15(20(22(28)29)27-23(30)32-24(2,3)4)14-31-19-12-16(13-19)7-9-18-10-8-17-6-5-11-25-21(17)26-18/h8,10,15-16,19-20H,5-7,9,11-14H2,1-4H3,(H,25,26)(H,27,30)(H,28,29)/t15?,16-,19-,20?. The van der Waals surface area contributed by atoms with E-state index in [1.54, 1.807) is 27.7 Å². The summed E-state index contributed by atoms with van der Waals surface area (Å²) in [6.45, 7) is 8.26. The van der Waals surface area contributed by atoms with Crippen LogP contribution in [-0.4, -0.2) is 53.1 Å². The van der Waals surface area contributed by atoms with E-state index in [4.69, 9.17) is 14.5 Å². The average Bonchev–Trinajstić information content (AvgIpc) is 2.68. The number of nitrogens with zero attached hydrogens (tertiary/aromatic N) is 1. The van der Waals surface area contributed by atoms with E-state index in [2.05, 4.69) is 22.8 Å². The number of aromatic nitrogens is 1. The number of alkyl carbamates (subject to hydrolysis) is 1. The molecule has 1 aliphatic heterocycles. The van der Waals surface area contributed by atoms with Gasteiger partial charge >= 0.3 is 12.1 Å².